The van der Waals surface area contributed by atoms with Gasteiger partial charge in [-0.15, -0.1) is 0 Å². The third-order valence-electron chi connectivity index (χ3n) is 2.10. The van der Waals surface area contributed by atoms with Crippen molar-refractivity contribution in [3.8, 4) is 0 Å². The van der Waals surface area contributed by atoms with Gasteiger partial charge in [0, 0.05) is 25.2 Å². The van der Waals surface area contributed by atoms with E-state index in [0.717, 1.165) is 6.54 Å². The van der Waals surface area contributed by atoms with E-state index in [0.29, 0.717) is 31.7 Å². The maximum atomic E-state index is 11.1. The highest BCUT2D eigenvalue weighted by atomic mass is 16.5. The Kier molecular flexibility index (Phi) is 4.15. The van der Waals surface area contributed by atoms with E-state index in [1.165, 1.54) is 0 Å². The number of nitrogens with one attached hydrogen (secondary N) is 1. The molecule has 0 bridgehead atoms. The van der Waals surface area contributed by atoms with Gasteiger partial charge >= 0.3 is 12.0 Å². The first-order chi connectivity index (χ1) is 7.11. The molecule has 1 rings (SSSR count). The molecule has 0 atom stereocenters. The summed E-state index contributed by atoms with van der Waals surface area (Å²) >= 11 is 0. The maximum absolute atomic E-state index is 11.1. The molecule has 0 saturated carbocycles. The number of hydrogen-bond acceptors (Lipinski definition) is 3. The predicted octanol–water partition coefficient (Wildman–Crippen LogP) is 0.521. The van der Waals surface area contributed by atoms with E-state index < -0.39 is 0 Å². The summed E-state index contributed by atoms with van der Waals surface area (Å²) in [6.45, 7) is 7.46. The highest BCUT2D eigenvalue weighted by Crippen LogP contribution is 1.99. The van der Waals surface area contributed by atoms with Gasteiger partial charge in [0.2, 0.25) is 0 Å². The van der Waals surface area contributed by atoms with Crippen LogP contribution in [0, 0.1) is 0 Å². The summed E-state index contributed by atoms with van der Waals surface area (Å²) in [4.78, 5) is 23.8. The number of carbonyl (C=O) groups excluding carboxylic acids is 2. The van der Waals surface area contributed by atoms with Crippen LogP contribution in [0.15, 0.2) is 12.2 Å². The van der Waals surface area contributed by atoms with E-state index in [-0.39, 0.29) is 12.0 Å². The van der Waals surface area contributed by atoms with Crippen LogP contribution in [-0.2, 0) is 9.53 Å². The number of rotatable bonds is 5. The smallest absolute Gasteiger partial charge is 0.333 e. The lowest BCUT2D eigenvalue weighted by atomic mass is 10.3. The van der Waals surface area contributed by atoms with E-state index in [1.807, 2.05) is 0 Å². The zero-order chi connectivity index (χ0) is 11.3. The number of hydrogen-bond donors (Lipinski definition) is 1. The Bertz CT molecular complexity index is 276. The van der Waals surface area contributed by atoms with Crippen molar-refractivity contribution in [2.24, 2.45) is 0 Å². The summed E-state index contributed by atoms with van der Waals surface area (Å²) in [5, 5.41) is 2.70. The lowest BCUT2D eigenvalue weighted by molar-refractivity contribution is -0.139. The minimum absolute atomic E-state index is 0.0405. The molecule has 1 saturated heterocycles. The average Bonchev–Trinajstić information content (AvgIpc) is 2.58. The second-order valence-electron chi connectivity index (χ2n) is 3.49. The van der Waals surface area contributed by atoms with Crippen molar-refractivity contribution in [2.75, 3.05) is 26.2 Å². The van der Waals surface area contributed by atoms with Gasteiger partial charge < -0.3 is 15.0 Å². The molecule has 15 heavy (non-hydrogen) atoms. The Morgan fingerprint density at radius 2 is 2.40 bits per heavy atom. The first-order valence-corrected chi connectivity index (χ1v) is 4.96. The van der Waals surface area contributed by atoms with Gasteiger partial charge in [0.1, 0.15) is 0 Å². The van der Waals surface area contributed by atoms with Crippen molar-refractivity contribution >= 4 is 12.0 Å². The van der Waals surface area contributed by atoms with Crippen LogP contribution in [-0.4, -0.2) is 43.1 Å². The van der Waals surface area contributed by atoms with Crippen molar-refractivity contribution < 1.29 is 14.3 Å². The first-order valence-electron chi connectivity index (χ1n) is 4.96. The van der Waals surface area contributed by atoms with E-state index in [9.17, 15) is 9.59 Å². The van der Waals surface area contributed by atoms with E-state index in [1.54, 1.807) is 11.8 Å². The molecule has 1 aliphatic rings. The fourth-order valence-corrected chi connectivity index (χ4v) is 1.27. The molecular formula is C10H16N2O3. The molecule has 0 aromatic carbocycles. The summed E-state index contributed by atoms with van der Waals surface area (Å²) in [6, 6.07) is -0.0405. The van der Waals surface area contributed by atoms with Crippen LogP contribution in [0.4, 0.5) is 4.79 Å². The Morgan fingerprint density at radius 3 is 2.93 bits per heavy atom. The van der Waals surface area contributed by atoms with Gasteiger partial charge in [-0.25, -0.2) is 9.59 Å². The molecule has 0 spiro atoms. The second kappa shape index (κ2) is 5.38. The Balaban J connectivity index is 2.09. The lowest BCUT2D eigenvalue weighted by Crippen LogP contribution is -2.29. The highest BCUT2D eigenvalue weighted by molar-refractivity contribution is 5.86. The minimum Gasteiger partial charge on any atom is -0.462 e. The van der Waals surface area contributed by atoms with Gasteiger partial charge in [-0.3, -0.25) is 0 Å². The molecule has 0 aliphatic carbocycles. The van der Waals surface area contributed by atoms with Crippen molar-refractivity contribution in [3.05, 3.63) is 12.2 Å². The normalized spacial score (nSPS) is 15.0. The molecule has 1 N–H and O–H groups in total. The number of amides is 2. The van der Waals surface area contributed by atoms with E-state index in [4.69, 9.17) is 4.74 Å². The topological polar surface area (TPSA) is 58.6 Å². The zero-order valence-electron chi connectivity index (χ0n) is 8.91. The molecule has 0 aromatic rings. The molecule has 2 amide bonds. The van der Waals surface area contributed by atoms with Gasteiger partial charge in [-0.05, 0) is 13.3 Å². The number of ether oxygens (including phenoxy) is 1. The number of urea groups is 1. The van der Waals surface area contributed by atoms with Crippen molar-refractivity contribution in [1.29, 1.82) is 0 Å². The Hall–Kier alpha value is -1.52. The minimum atomic E-state index is -0.374. The molecule has 1 aliphatic heterocycles. The van der Waals surface area contributed by atoms with Gasteiger partial charge in [0.25, 0.3) is 0 Å². The van der Waals surface area contributed by atoms with Crippen LogP contribution in [0.1, 0.15) is 13.3 Å². The van der Waals surface area contributed by atoms with Gasteiger partial charge in [-0.2, -0.15) is 0 Å². The van der Waals surface area contributed by atoms with Crippen molar-refractivity contribution in [1.82, 2.24) is 10.2 Å². The highest BCUT2D eigenvalue weighted by Gasteiger charge is 2.18. The van der Waals surface area contributed by atoms with Gasteiger partial charge in [0.15, 0.2) is 0 Å². The van der Waals surface area contributed by atoms with Crippen LogP contribution in [0.2, 0.25) is 0 Å². The first kappa shape index (κ1) is 11.6. The quantitative estimate of drug-likeness (QED) is 0.410. The molecule has 0 unspecified atom stereocenters. The van der Waals surface area contributed by atoms with E-state index >= 15 is 0 Å². The standard InChI is InChI=1S/C10H16N2O3/c1-8(2)9(13)15-7-3-5-12-6-4-11-10(12)14/h1,3-7H2,2H3,(H,11,14). The second-order valence-corrected chi connectivity index (χ2v) is 3.49. The van der Waals surface area contributed by atoms with Gasteiger partial charge in [-0.1, -0.05) is 6.58 Å². The molecule has 0 radical (unpaired) electrons. The number of esters is 1. The summed E-state index contributed by atoms with van der Waals surface area (Å²) in [5.41, 5.74) is 0.397. The van der Waals surface area contributed by atoms with Crippen LogP contribution in [0.3, 0.4) is 0 Å². The maximum Gasteiger partial charge on any atom is 0.333 e. The third kappa shape index (κ3) is 3.61. The van der Waals surface area contributed by atoms with E-state index in [2.05, 4.69) is 11.9 Å². The SMILES string of the molecule is C=C(C)C(=O)OCCCN1CCNC1=O. The Labute approximate surface area is 89.1 Å². The fourth-order valence-electron chi connectivity index (χ4n) is 1.27. The molecular weight excluding hydrogens is 196 g/mol. The lowest BCUT2D eigenvalue weighted by Gasteiger charge is -2.13. The molecule has 5 heteroatoms. The van der Waals surface area contributed by atoms with Crippen LogP contribution in [0.25, 0.3) is 0 Å². The predicted molar refractivity (Wildman–Crippen MR) is 55.4 cm³/mol. The average molecular weight is 212 g/mol. The molecule has 0 aromatic heterocycles. The summed E-state index contributed by atoms with van der Waals surface area (Å²) < 4.78 is 4.90. The third-order valence-corrected chi connectivity index (χ3v) is 2.10. The summed E-state index contributed by atoms with van der Waals surface area (Å²) in [6.07, 6.45) is 0.659. The number of nitrogens with zero attached hydrogens (tertiary/aromatic N) is 1. The zero-order valence-corrected chi connectivity index (χ0v) is 8.91. The van der Waals surface area contributed by atoms with Crippen LogP contribution < -0.4 is 5.32 Å². The summed E-state index contributed by atoms with van der Waals surface area (Å²) in [5.74, 6) is -0.374. The largest absolute Gasteiger partial charge is 0.462 e. The fraction of sp³-hybridized carbons (Fsp3) is 0.600. The van der Waals surface area contributed by atoms with Crippen LogP contribution >= 0.6 is 0 Å². The molecule has 1 heterocycles. The molecule has 1 fully saturated rings. The van der Waals surface area contributed by atoms with Crippen LogP contribution in [0.5, 0.6) is 0 Å². The monoisotopic (exact) mass is 212 g/mol. The molecule has 5 nitrogen and oxygen atoms in total. The van der Waals surface area contributed by atoms with Gasteiger partial charge in [0.05, 0.1) is 6.61 Å². The summed E-state index contributed by atoms with van der Waals surface area (Å²) in [7, 11) is 0. The number of carbonyl (C=O) groups is 2. The van der Waals surface area contributed by atoms with Crippen molar-refractivity contribution in [2.45, 2.75) is 13.3 Å². The Morgan fingerprint density at radius 1 is 1.67 bits per heavy atom. The molecule has 84 valence electrons. The van der Waals surface area contributed by atoms with Crippen molar-refractivity contribution in [3.63, 3.8) is 0 Å².